The fourth-order valence-electron chi connectivity index (χ4n) is 3.29. The minimum absolute atomic E-state index is 0.0442. The van der Waals surface area contributed by atoms with E-state index in [1.165, 1.54) is 25.5 Å². The molecule has 0 unspecified atom stereocenters. The summed E-state index contributed by atoms with van der Waals surface area (Å²) in [5.74, 6) is 0.856. The molecule has 1 saturated heterocycles. The molecule has 26 heavy (non-hydrogen) atoms. The van der Waals surface area contributed by atoms with Gasteiger partial charge in [0.2, 0.25) is 0 Å². The minimum Gasteiger partial charge on any atom is -0.493 e. The number of para-hydroxylation sites is 1. The summed E-state index contributed by atoms with van der Waals surface area (Å²) in [5, 5.41) is 0.369. The van der Waals surface area contributed by atoms with Gasteiger partial charge in [0.15, 0.2) is 11.5 Å². The number of carbonyl (C=O) groups is 1. The maximum absolute atomic E-state index is 12.9. The maximum Gasteiger partial charge on any atom is 0.254 e. The zero-order valence-electron chi connectivity index (χ0n) is 15.3. The lowest BCUT2D eigenvalue weighted by Gasteiger charge is -2.37. The molecule has 6 heteroatoms. The molecule has 0 saturated carbocycles. The van der Waals surface area contributed by atoms with E-state index in [-0.39, 0.29) is 5.91 Å². The van der Waals surface area contributed by atoms with Crippen LogP contribution in [0.4, 0.5) is 5.69 Å². The van der Waals surface area contributed by atoms with Crippen LogP contribution in [0.15, 0.2) is 36.4 Å². The molecule has 1 fully saturated rings. The lowest BCUT2D eigenvalue weighted by molar-refractivity contribution is 0.0746. The highest BCUT2D eigenvalue weighted by molar-refractivity contribution is 6.32. The lowest BCUT2D eigenvalue weighted by atomic mass is 10.1. The summed E-state index contributed by atoms with van der Waals surface area (Å²) in [6.45, 7) is 5.05. The van der Waals surface area contributed by atoms with Crippen LogP contribution in [0.25, 0.3) is 0 Å². The lowest BCUT2D eigenvalue weighted by Crippen LogP contribution is -2.49. The number of hydrogen-bond acceptors (Lipinski definition) is 4. The third kappa shape index (κ3) is 3.58. The number of halogens is 1. The zero-order valence-corrected chi connectivity index (χ0v) is 16.0. The van der Waals surface area contributed by atoms with Crippen LogP contribution in [0, 0.1) is 6.92 Å². The summed E-state index contributed by atoms with van der Waals surface area (Å²) in [7, 11) is 3.05. The molecule has 0 N–H and O–H groups in total. The van der Waals surface area contributed by atoms with Crippen molar-refractivity contribution in [3.63, 3.8) is 0 Å². The fraction of sp³-hybridized carbons (Fsp3) is 0.350. The van der Waals surface area contributed by atoms with E-state index >= 15 is 0 Å². The number of rotatable bonds is 4. The Bertz CT molecular complexity index is 802. The number of methoxy groups -OCH3 is 2. The molecule has 0 atom stereocenters. The number of benzene rings is 2. The molecule has 5 nitrogen and oxygen atoms in total. The number of aryl methyl sites for hydroxylation is 1. The summed E-state index contributed by atoms with van der Waals surface area (Å²) in [6, 6.07) is 11.6. The molecule has 0 radical (unpaired) electrons. The number of anilines is 1. The van der Waals surface area contributed by atoms with Crippen LogP contribution in [-0.2, 0) is 0 Å². The van der Waals surface area contributed by atoms with Gasteiger partial charge in [-0.3, -0.25) is 4.79 Å². The van der Waals surface area contributed by atoms with Gasteiger partial charge in [-0.05, 0) is 30.7 Å². The molecule has 138 valence electrons. The number of ether oxygens (including phenoxy) is 2. The van der Waals surface area contributed by atoms with Crippen molar-refractivity contribution in [3.05, 3.63) is 52.5 Å². The largest absolute Gasteiger partial charge is 0.493 e. The molecular weight excluding hydrogens is 352 g/mol. The van der Waals surface area contributed by atoms with E-state index in [0.717, 1.165) is 13.1 Å². The Balaban J connectivity index is 1.73. The van der Waals surface area contributed by atoms with Crippen molar-refractivity contribution in [1.82, 2.24) is 4.90 Å². The highest BCUT2D eigenvalue weighted by Crippen LogP contribution is 2.36. The highest BCUT2D eigenvalue weighted by Gasteiger charge is 2.24. The smallest absolute Gasteiger partial charge is 0.254 e. The van der Waals surface area contributed by atoms with Crippen molar-refractivity contribution in [2.24, 2.45) is 0 Å². The van der Waals surface area contributed by atoms with Crippen molar-refractivity contribution < 1.29 is 14.3 Å². The van der Waals surface area contributed by atoms with Crippen LogP contribution in [-0.4, -0.2) is 51.2 Å². The number of piperazine rings is 1. The summed E-state index contributed by atoms with van der Waals surface area (Å²) in [4.78, 5) is 17.1. The van der Waals surface area contributed by atoms with Crippen LogP contribution >= 0.6 is 11.6 Å². The molecule has 1 heterocycles. The Morgan fingerprint density at radius 3 is 2.35 bits per heavy atom. The summed E-state index contributed by atoms with van der Waals surface area (Å²) in [5.41, 5.74) is 2.99. The van der Waals surface area contributed by atoms with Crippen molar-refractivity contribution in [2.45, 2.75) is 6.92 Å². The van der Waals surface area contributed by atoms with E-state index in [1.807, 2.05) is 17.0 Å². The van der Waals surface area contributed by atoms with Gasteiger partial charge in [-0.1, -0.05) is 29.8 Å². The number of nitrogens with zero attached hydrogens (tertiary/aromatic N) is 2. The average molecular weight is 375 g/mol. The Morgan fingerprint density at radius 2 is 1.73 bits per heavy atom. The van der Waals surface area contributed by atoms with Crippen LogP contribution in [0.2, 0.25) is 5.02 Å². The first-order valence-electron chi connectivity index (χ1n) is 8.56. The van der Waals surface area contributed by atoms with Gasteiger partial charge < -0.3 is 19.3 Å². The Morgan fingerprint density at radius 1 is 1.04 bits per heavy atom. The Kier molecular flexibility index (Phi) is 5.57. The number of carbonyl (C=O) groups excluding carboxylic acids is 1. The standard InChI is InChI=1S/C20H23ClN2O3/c1-14-6-4-5-7-17(14)22-8-10-23(11-9-22)20(24)15-12-16(21)19(26-3)18(13-15)25-2/h4-7,12-13H,8-11H2,1-3H3. The van der Waals surface area contributed by atoms with E-state index in [2.05, 4.69) is 24.0 Å². The first kappa shape index (κ1) is 18.4. The van der Waals surface area contributed by atoms with Gasteiger partial charge in [0.25, 0.3) is 5.91 Å². The van der Waals surface area contributed by atoms with E-state index < -0.39 is 0 Å². The molecule has 2 aromatic carbocycles. The van der Waals surface area contributed by atoms with Gasteiger partial charge >= 0.3 is 0 Å². The van der Waals surface area contributed by atoms with Crippen molar-refractivity contribution in [1.29, 1.82) is 0 Å². The molecule has 1 aliphatic heterocycles. The molecule has 0 aromatic heterocycles. The van der Waals surface area contributed by atoms with Crippen molar-refractivity contribution in [3.8, 4) is 11.5 Å². The molecule has 2 aromatic rings. The molecule has 0 spiro atoms. The van der Waals surface area contributed by atoms with Crippen LogP contribution in [0.3, 0.4) is 0 Å². The average Bonchev–Trinajstić information content (AvgIpc) is 2.67. The van der Waals surface area contributed by atoms with Crippen LogP contribution < -0.4 is 14.4 Å². The Hall–Kier alpha value is -2.40. The summed E-state index contributed by atoms with van der Waals surface area (Å²) >= 11 is 6.23. The van der Waals surface area contributed by atoms with Gasteiger partial charge in [0.1, 0.15) is 0 Å². The first-order valence-corrected chi connectivity index (χ1v) is 8.94. The molecule has 0 bridgehead atoms. The van der Waals surface area contributed by atoms with E-state index in [1.54, 1.807) is 12.1 Å². The van der Waals surface area contributed by atoms with Gasteiger partial charge in [-0.25, -0.2) is 0 Å². The second-order valence-corrected chi connectivity index (χ2v) is 6.67. The minimum atomic E-state index is -0.0442. The predicted octanol–water partition coefficient (Wildman–Crippen LogP) is 3.63. The molecule has 0 aliphatic carbocycles. The second-order valence-electron chi connectivity index (χ2n) is 6.26. The highest BCUT2D eigenvalue weighted by atomic mass is 35.5. The maximum atomic E-state index is 12.9. The van der Waals surface area contributed by atoms with E-state index in [9.17, 15) is 4.79 Å². The predicted molar refractivity (Wildman–Crippen MR) is 104 cm³/mol. The van der Waals surface area contributed by atoms with Gasteiger partial charge in [-0.2, -0.15) is 0 Å². The monoisotopic (exact) mass is 374 g/mol. The molecule has 1 amide bonds. The summed E-state index contributed by atoms with van der Waals surface area (Å²) < 4.78 is 10.5. The molecule has 3 rings (SSSR count). The fourth-order valence-corrected chi connectivity index (χ4v) is 3.58. The summed E-state index contributed by atoms with van der Waals surface area (Å²) in [6.07, 6.45) is 0. The van der Waals surface area contributed by atoms with Crippen molar-refractivity contribution in [2.75, 3.05) is 45.3 Å². The third-order valence-electron chi connectivity index (χ3n) is 4.70. The molecular formula is C20H23ClN2O3. The van der Waals surface area contributed by atoms with Gasteiger partial charge in [0.05, 0.1) is 19.2 Å². The number of hydrogen-bond donors (Lipinski definition) is 0. The number of amides is 1. The van der Waals surface area contributed by atoms with E-state index in [0.29, 0.717) is 35.2 Å². The Labute approximate surface area is 159 Å². The third-order valence-corrected chi connectivity index (χ3v) is 4.98. The van der Waals surface area contributed by atoms with Gasteiger partial charge in [-0.15, -0.1) is 0 Å². The topological polar surface area (TPSA) is 42.0 Å². The van der Waals surface area contributed by atoms with Gasteiger partial charge in [0, 0.05) is 37.4 Å². The first-order chi connectivity index (χ1) is 12.5. The second kappa shape index (κ2) is 7.87. The van der Waals surface area contributed by atoms with Crippen LogP contribution in [0.1, 0.15) is 15.9 Å². The zero-order chi connectivity index (χ0) is 18.7. The normalized spacial score (nSPS) is 14.3. The quantitative estimate of drug-likeness (QED) is 0.819. The van der Waals surface area contributed by atoms with Crippen molar-refractivity contribution >= 4 is 23.2 Å². The SMILES string of the molecule is COc1cc(C(=O)N2CCN(c3ccccc3C)CC2)cc(Cl)c1OC. The van der Waals surface area contributed by atoms with E-state index in [4.69, 9.17) is 21.1 Å². The molecule has 1 aliphatic rings. The van der Waals surface area contributed by atoms with Crippen LogP contribution in [0.5, 0.6) is 11.5 Å².